The number of primary sulfonamides is 1. The van der Waals surface area contributed by atoms with Crippen LogP contribution in [0.25, 0.3) is 6.08 Å². The van der Waals surface area contributed by atoms with Crippen LogP contribution in [0.1, 0.15) is 5.56 Å². The van der Waals surface area contributed by atoms with Gasteiger partial charge in [0.1, 0.15) is 0 Å². The minimum absolute atomic E-state index is 0.0732. The molecule has 0 fully saturated rings. The number of amides is 1. The van der Waals surface area contributed by atoms with E-state index in [0.717, 1.165) is 6.08 Å². The van der Waals surface area contributed by atoms with Gasteiger partial charge in [-0.05, 0) is 36.4 Å². The summed E-state index contributed by atoms with van der Waals surface area (Å²) in [5, 5.41) is 18.4. The van der Waals surface area contributed by atoms with E-state index in [4.69, 9.17) is 5.14 Å². The molecule has 1 amide bonds. The summed E-state index contributed by atoms with van der Waals surface area (Å²) in [5.41, 5.74) is 0.542. The number of nitrogens with two attached hydrogens (primary N) is 1. The van der Waals surface area contributed by atoms with Gasteiger partial charge in [-0.15, -0.1) is 0 Å². The summed E-state index contributed by atoms with van der Waals surface area (Å²) in [6.07, 6.45) is 2.47. The number of hydrogen-bond acceptors (Lipinski definition) is 5. The Labute approximate surface area is 137 Å². The monoisotopic (exact) mass is 347 g/mol. The number of benzene rings is 2. The largest absolute Gasteiger partial charge is 0.323 e. The van der Waals surface area contributed by atoms with Crippen molar-refractivity contribution < 1.29 is 18.1 Å². The lowest BCUT2D eigenvalue weighted by molar-refractivity contribution is -0.385. The van der Waals surface area contributed by atoms with Gasteiger partial charge in [-0.1, -0.05) is 12.1 Å². The molecule has 0 aromatic heterocycles. The van der Waals surface area contributed by atoms with Crippen molar-refractivity contribution in [2.75, 3.05) is 5.32 Å². The normalized spacial score (nSPS) is 11.4. The molecule has 0 saturated carbocycles. The van der Waals surface area contributed by atoms with E-state index in [2.05, 4.69) is 5.32 Å². The van der Waals surface area contributed by atoms with Gasteiger partial charge in [-0.25, -0.2) is 13.6 Å². The van der Waals surface area contributed by atoms with Gasteiger partial charge in [-0.3, -0.25) is 14.9 Å². The highest BCUT2D eigenvalue weighted by molar-refractivity contribution is 7.89. The molecule has 2 aromatic carbocycles. The predicted octanol–water partition coefficient (Wildman–Crippen LogP) is 1.89. The fraction of sp³-hybridized carbons (Fsp3) is 0. The van der Waals surface area contributed by atoms with Crippen LogP contribution in [0, 0.1) is 10.1 Å². The highest BCUT2D eigenvalue weighted by atomic mass is 32.2. The summed E-state index contributed by atoms with van der Waals surface area (Å²) < 4.78 is 22.3. The molecular weight excluding hydrogens is 334 g/mol. The fourth-order valence-corrected chi connectivity index (χ4v) is 2.39. The third kappa shape index (κ3) is 4.48. The Morgan fingerprint density at radius 1 is 1.12 bits per heavy atom. The quantitative estimate of drug-likeness (QED) is 0.484. The van der Waals surface area contributed by atoms with E-state index < -0.39 is 20.9 Å². The highest BCUT2D eigenvalue weighted by Gasteiger charge is 2.10. The molecule has 0 bridgehead atoms. The van der Waals surface area contributed by atoms with Gasteiger partial charge < -0.3 is 5.32 Å². The Kier molecular flexibility index (Phi) is 5.07. The number of sulfonamides is 1. The zero-order valence-electron chi connectivity index (χ0n) is 12.2. The molecule has 9 heteroatoms. The molecular formula is C15H13N3O5S. The lowest BCUT2D eigenvalue weighted by Crippen LogP contribution is -2.12. The highest BCUT2D eigenvalue weighted by Crippen LogP contribution is 2.19. The zero-order valence-corrected chi connectivity index (χ0v) is 13.1. The van der Waals surface area contributed by atoms with Crippen LogP contribution in [0.4, 0.5) is 11.4 Å². The van der Waals surface area contributed by atoms with Crippen molar-refractivity contribution in [2.45, 2.75) is 4.90 Å². The van der Waals surface area contributed by atoms with Gasteiger partial charge in [-0.2, -0.15) is 0 Å². The smallest absolute Gasteiger partial charge is 0.276 e. The minimum Gasteiger partial charge on any atom is -0.323 e. The van der Waals surface area contributed by atoms with Gasteiger partial charge in [0.05, 0.1) is 15.4 Å². The SMILES string of the molecule is NS(=O)(=O)c1ccc(NC(=O)/C=C/c2ccccc2[N+](=O)[O-])cc1. The van der Waals surface area contributed by atoms with Crippen molar-refractivity contribution in [1.29, 1.82) is 0 Å². The van der Waals surface area contributed by atoms with E-state index in [1.165, 1.54) is 48.5 Å². The Hall–Kier alpha value is -3.04. The lowest BCUT2D eigenvalue weighted by Gasteiger charge is -2.03. The second-order valence-electron chi connectivity index (χ2n) is 4.71. The standard InChI is InChI=1S/C15H13N3O5S/c16-24(22,23)13-8-6-12(7-9-13)17-15(19)10-5-11-3-1-2-4-14(11)18(20)21/h1-10H,(H,17,19)(H2,16,22,23)/b10-5+. The Bertz CT molecular complexity index is 905. The lowest BCUT2D eigenvalue weighted by atomic mass is 10.1. The second-order valence-corrected chi connectivity index (χ2v) is 6.27. The summed E-state index contributed by atoms with van der Waals surface area (Å²) in [6.45, 7) is 0. The Morgan fingerprint density at radius 3 is 2.33 bits per heavy atom. The van der Waals surface area contributed by atoms with Crippen molar-refractivity contribution in [3.63, 3.8) is 0 Å². The average Bonchev–Trinajstić information content (AvgIpc) is 2.53. The number of nitrogens with one attached hydrogen (secondary N) is 1. The van der Waals surface area contributed by atoms with Crippen LogP contribution in [0.3, 0.4) is 0 Å². The van der Waals surface area contributed by atoms with Crippen molar-refractivity contribution in [2.24, 2.45) is 5.14 Å². The molecule has 3 N–H and O–H groups in total. The first-order valence-electron chi connectivity index (χ1n) is 6.63. The van der Waals surface area contributed by atoms with Crippen LogP contribution in [0.2, 0.25) is 0 Å². The Morgan fingerprint density at radius 2 is 1.75 bits per heavy atom. The van der Waals surface area contributed by atoms with Crippen molar-refractivity contribution >= 4 is 33.4 Å². The summed E-state index contributed by atoms with van der Waals surface area (Å²) in [4.78, 5) is 22.1. The average molecular weight is 347 g/mol. The first-order chi connectivity index (χ1) is 11.3. The third-order valence-corrected chi connectivity index (χ3v) is 3.93. The van der Waals surface area contributed by atoms with E-state index >= 15 is 0 Å². The number of para-hydroxylation sites is 1. The molecule has 0 aliphatic heterocycles. The van der Waals surface area contributed by atoms with E-state index in [-0.39, 0.29) is 10.6 Å². The van der Waals surface area contributed by atoms with Gasteiger partial charge in [0.25, 0.3) is 5.69 Å². The number of nitro groups is 1. The van der Waals surface area contributed by atoms with Crippen LogP contribution in [-0.2, 0) is 14.8 Å². The maximum absolute atomic E-state index is 11.8. The van der Waals surface area contributed by atoms with Crippen molar-refractivity contribution in [3.8, 4) is 0 Å². The number of nitrogens with zero attached hydrogens (tertiary/aromatic N) is 1. The van der Waals surface area contributed by atoms with Crippen LogP contribution >= 0.6 is 0 Å². The van der Waals surface area contributed by atoms with Crippen molar-refractivity contribution in [1.82, 2.24) is 0 Å². The van der Waals surface area contributed by atoms with Crippen molar-refractivity contribution in [3.05, 3.63) is 70.3 Å². The number of anilines is 1. The molecule has 0 saturated heterocycles. The van der Waals surface area contributed by atoms with E-state index in [0.29, 0.717) is 11.3 Å². The molecule has 0 atom stereocenters. The topological polar surface area (TPSA) is 132 Å². The number of rotatable bonds is 5. The number of nitro benzene ring substituents is 1. The summed E-state index contributed by atoms with van der Waals surface area (Å²) in [5.74, 6) is -0.517. The van der Waals surface area contributed by atoms with Gasteiger partial charge in [0.2, 0.25) is 15.9 Å². The first kappa shape index (κ1) is 17.3. The van der Waals surface area contributed by atoms with Crippen LogP contribution in [-0.4, -0.2) is 19.2 Å². The van der Waals surface area contributed by atoms with E-state index in [1.54, 1.807) is 6.07 Å². The van der Waals surface area contributed by atoms with Gasteiger partial charge >= 0.3 is 0 Å². The number of hydrogen-bond donors (Lipinski definition) is 2. The van der Waals surface area contributed by atoms with Gasteiger partial charge in [0, 0.05) is 17.8 Å². The number of carbonyl (C=O) groups excluding carboxylic acids is 1. The molecule has 0 aliphatic carbocycles. The predicted molar refractivity (Wildman–Crippen MR) is 88.6 cm³/mol. The molecule has 2 aromatic rings. The zero-order chi connectivity index (χ0) is 17.7. The third-order valence-electron chi connectivity index (χ3n) is 3.00. The molecule has 124 valence electrons. The molecule has 24 heavy (non-hydrogen) atoms. The Balaban J connectivity index is 2.10. The summed E-state index contributed by atoms with van der Waals surface area (Å²) in [7, 11) is -3.80. The molecule has 8 nitrogen and oxygen atoms in total. The molecule has 0 spiro atoms. The first-order valence-corrected chi connectivity index (χ1v) is 8.17. The molecule has 0 unspecified atom stereocenters. The molecule has 0 aliphatic rings. The maximum atomic E-state index is 11.8. The van der Waals surface area contributed by atoms with E-state index in [9.17, 15) is 23.3 Å². The van der Waals surface area contributed by atoms with Crippen LogP contribution < -0.4 is 10.5 Å². The maximum Gasteiger partial charge on any atom is 0.276 e. The molecule has 2 rings (SSSR count). The second kappa shape index (κ2) is 7.02. The molecule has 0 radical (unpaired) electrons. The number of carbonyl (C=O) groups is 1. The van der Waals surface area contributed by atoms with Gasteiger partial charge in [0.15, 0.2) is 0 Å². The van der Waals surface area contributed by atoms with E-state index in [1.807, 2.05) is 0 Å². The molecule has 0 heterocycles. The summed E-state index contributed by atoms with van der Waals surface area (Å²) in [6, 6.07) is 11.3. The van der Waals surface area contributed by atoms with Crippen LogP contribution in [0.15, 0.2) is 59.5 Å². The van der Waals surface area contributed by atoms with Crippen LogP contribution in [0.5, 0.6) is 0 Å². The fourth-order valence-electron chi connectivity index (χ4n) is 1.87. The minimum atomic E-state index is -3.80. The summed E-state index contributed by atoms with van der Waals surface area (Å²) >= 11 is 0.